The molecule has 2 aromatic heterocycles. The summed E-state index contributed by atoms with van der Waals surface area (Å²) in [5.41, 5.74) is 2.62. The molecule has 4 heterocycles. The van der Waals surface area contributed by atoms with Crippen LogP contribution in [0.4, 0.5) is 0 Å². The number of likely N-dealkylation sites (tertiary alicyclic amines) is 1. The molecule has 1 amide bonds. The molecule has 0 saturated carbocycles. The van der Waals surface area contributed by atoms with Crippen molar-refractivity contribution in [2.24, 2.45) is 7.05 Å². The molecule has 1 aromatic carbocycles. The minimum Gasteiger partial charge on any atom is -0.350 e. The van der Waals surface area contributed by atoms with Crippen LogP contribution in [0.5, 0.6) is 0 Å². The van der Waals surface area contributed by atoms with Gasteiger partial charge in [0.2, 0.25) is 5.91 Å². The molecule has 5 rings (SSSR count). The van der Waals surface area contributed by atoms with Crippen molar-refractivity contribution >= 4 is 16.8 Å². The topological polar surface area (TPSA) is 59.2 Å². The van der Waals surface area contributed by atoms with Crippen molar-refractivity contribution in [2.75, 3.05) is 13.1 Å². The van der Waals surface area contributed by atoms with Crippen LogP contribution in [0.1, 0.15) is 43.0 Å². The first-order chi connectivity index (χ1) is 13.6. The van der Waals surface area contributed by atoms with Gasteiger partial charge in [0.05, 0.1) is 12.6 Å². The maximum absolute atomic E-state index is 11.9. The van der Waals surface area contributed by atoms with Gasteiger partial charge in [0.1, 0.15) is 5.82 Å². The van der Waals surface area contributed by atoms with E-state index >= 15 is 0 Å². The number of para-hydroxylation sites is 1. The molecule has 2 aliphatic rings. The summed E-state index contributed by atoms with van der Waals surface area (Å²) in [6.07, 6.45) is 4.26. The standard InChI is InChI=1S/C21H26N6O/c1-15(28)26-9-5-8-19(26)21-23-22-20-14-25(10-11-27(20)21)13-16-12-24(2)18-7-4-3-6-17(16)18/h3-4,6-7,12,19H,5,8-11,13-14H2,1-2H3. The number of nitrogens with zero attached hydrogens (tertiary/aromatic N) is 6. The van der Waals surface area contributed by atoms with Gasteiger partial charge in [-0.15, -0.1) is 10.2 Å². The third kappa shape index (κ3) is 2.81. The quantitative estimate of drug-likeness (QED) is 0.703. The van der Waals surface area contributed by atoms with Crippen molar-refractivity contribution in [1.82, 2.24) is 29.1 Å². The Hall–Kier alpha value is -2.67. The fourth-order valence-corrected chi connectivity index (χ4v) is 4.82. The number of benzene rings is 1. The molecule has 7 nitrogen and oxygen atoms in total. The Morgan fingerprint density at radius 2 is 2.04 bits per heavy atom. The van der Waals surface area contributed by atoms with Gasteiger partial charge in [0, 0.05) is 57.3 Å². The van der Waals surface area contributed by atoms with E-state index in [-0.39, 0.29) is 11.9 Å². The Morgan fingerprint density at radius 1 is 1.18 bits per heavy atom. The van der Waals surface area contributed by atoms with Crippen molar-refractivity contribution in [1.29, 1.82) is 0 Å². The van der Waals surface area contributed by atoms with Crippen LogP contribution in [-0.4, -0.2) is 48.1 Å². The molecule has 0 bridgehead atoms. The smallest absolute Gasteiger partial charge is 0.220 e. The van der Waals surface area contributed by atoms with E-state index in [1.165, 1.54) is 16.5 Å². The summed E-state index contributed by atoms with van der Waals surface area (Å²) in [4.78, 5) is 16.3. The summed E-state index contributed by atoms with van der Waals surface area (Å²) < 4.78 is 4.44. The summed E-state index contributed by atoms with van der Waals surface area (Å²) in [6, 6.07) is 8.65. The third-order valence-corrected chi connectivity index (χ3v) is 6.19. The SMILES string of the molecule is CC(=O)N1CCCC1c1nnc2n1CCN(Cc1cn(C)c3ccccc13)C2. The molecule has 1 saturated heterocycles. The number of hydrogen-bond donors (Lipinski definition) is 0. The minimum absolute atomic E-state index is 0.0865. The van der Waals surface area contributed by atoms with Crippen molar-refractivity contribution in [3.05, 3.63) is 47.7 Å². The Morgan fingerprint density at radius 3 is 2.89 bits per heavy atom. The normalized spacial score (nSPS) is 20.1. The summed E-state index contributed by atoms with van der Waals surface area (Å²) in [5, 5.41) is 10.3. The van der Waals surface area contributed by atoms with Crippen LogP contribution in [0.2, 0.25) is 0 Å². The first-order valence-electron chi connectivity index (χ1n) is 10.1. The van der Waals surface area contributed by atoms with Gasteiger partial charge >= 0.3 is 0 Å². The van der Waals surface area contributed by atoms with Gasteiger partial charge in [-0.2, -0.15) is 0 Å². The summed E-state index contributed by atoms with van der Waals surface area (Å²) >= 11 is 0. The number of hydrogen-bond acceptors (Lipinski definition) is 4. The van der Waals surface area contributed by atoms with E-state index < -0.39 is 0 Å². The van der Waals surface area contributed by atoms with Crippen molar-refractivity contribution in [2.45, 2.75) is 45.4 Å². The van der Waals surface area contributed by atoms with E-state index in [0.717, 1.165) is 57.2 Å². The average Bonchev–Trinajstić information content (AvgIpc) is 3.39. The minimum atomic E-state index is 0.0865. The molecular weight excluding hydrogens is 352 g/mol. The molecule has 0 N–H and O–H groups in total. The Bertz CT molecular complexity index is 1030. The van der Waals surface area contributed by atoms with Crippen LogP contribution >= 0.6 is 0 Å². The zero-order valence-corrected chi connectivity index (χ0v) is 16.5. The van der Waals surface area contributed by atoms with E-state index in [0.29, 0.717) is 0 Å². The number of carbonyl (C=O) groups is 1. The molecule has 28 heavy (non-hydrogen) atoms. The fraction of sp³-hybridized carbons (Fsp3) is 0.476. The number of fused-ring (bicyclic) bond motifs is 2. The second kappa shape index (κ2) is 6.74. The molecule has 146 valence electrons. The maximum atomic E-state index is 11.9. The highest BCUT2D eigenvalue weighted by molar-refractivity contribution is 5.83. The van der Waals surface area contributed by atoms with Crippen LogP contribution in [0.25, 0.3) is 10.9 Å². The van der Waals surface area contributed by atoms with Gasteiger partial charge in [-0.1, -0.05) is 18.2 Å². The average molecular weight is 378 g/mol. The van der Waals surface area contributed by atoms with Crippen LogP contribution < -0.4 is 0 Å². The van der Waals surface area contributed by atoms with Crippen molar-refractivity contribution < 1.29 is 4.79 Å². The molecular formula is C21H26N6O. The summed E-state index contributed by atoms with van der Waals surface area (Å²) in [7, 11) is 2.10. The first-order valence-corrected chi connectivity index (χ1v) is 10.1. The lowest BCUT2D eigenvalue weighted by Gasteiger charge is -2.29. The van der Waals surface area contributed by atoms with Gasteiger partial charge in [-0.3, -0.25) is 9.69 Å². The summed E-state index contributed by atoms with van der Waals surface area (Å²) in [6.45, 7) is 6.03. The predicted octanol–water partition coefficient (Wildman–Crippen LogP) is 2.47. The number of carbonyl (C=O) groups excluding carboxylic acids is 1. The van der Waals surface area contributed by atoms with E-state index in [2.05, 4.69) is 61.7 Å². The van der Waals surface area contributed by atoms with E-state index in [1.54, 1.807) is 6.92 Å². The van der Waals surface area contributed by atoms with E-state index in [4.69, 9.17) is 0 Å². The van der Waals surface area contributed by atoms with Crippen LogP contribution in [0.15, 0.2) is 30.5 Å². The zero-order chi connectivity index (χ0) is 19.3. The Balaban J connectivity index is 1.36. The maximum Gasteiger partial charge on any atom is 0.220 e. The van der Waals surface area contributed by atoms with Crippen molar-refractivity contribution in [3.8, 4) is 0 Å². The highest BCUT2D eigenvalue weighted by Gasteiger charge is 2.34. The fourth-order valence-electron chi connectivity index (χ4n) is 4.82. The number of aryl methyl sites for hydroxylation is 1. The molecule has 1 fully saturated rings. The monoisotopic (exact) mass is 378 g/mol. The molecule has 0 aliphatic carbocycles. The van der Waals surface area contributed by atoms with Gasteiger partial charge in [0.25, 0.3) is 0 Å². The lowest BCUT2D eigenvalue weighted by atomic mass is 10.1. The molecule has 1 atom stereocenters. The first kappa shape index (κ1) is 17.4. The highest BCUT2D eigenvalue weighted by Crippen LogP contribution is 2.32. The van der Waals surface area contributed by atoms with E-state index in [9.17, 15) is 4.79 Å². The van der Waals surface area contributed by atoms with Crippen LogP contribution in [0.3, 0.4) is 0 Å². The van der Waals surface area contributed by atoms with Gasteiger partial charge in [-0.25, -0.2) is 0 Å². The number of aromatic nitrogens is 4. The predicted molar refractivity (Wildman–Crippen MR) is 106 cm³/mol. The molecule has 3 aromatic rings. The van der Waals surface area contributed by atoms with Crippen LogP contribution in [-0.2, 0) is 31.5 Å². The number of rotatable bonds is 3. The highest BCUT2D eigenvalue weighted by atomic mass is 16.2. The second-order valence-corrected chi connectivity index (χ2v) is 7.99. The molecule has 7 heteroatoms. The van der Waals surface area contributed by atoms with Crippen molar-refractivity contribution in [3.63, 3.8) is 0 Å². The molecule has 0 spiro atoms. The zero-order valence-electron chi connectivity index (χ0n) is 16.5. The van der Waals surface area contributed by atoms with Gasteiger partial charge in [-0.05, 0) is 24.5 Å². The second-order valence-electron chi connectivity index (χ2n) is 7.99. The molecule has 2 aliphatic heterocycles. The van der Waals surface area contributed by atoms with Crippen LogP contribution in [0, 0.1) is 0 Å². The number of amides is 1. The molecule has 1 unspecified atom stereocenters. The van der Waals surface area contributed by atoms with Gasteiger partial charge in [0.15, 0.2) is 5.82 Å². The van der Waals surface area contributed by atoms with E-state index in [1.807, 2.05) is 4.90 Å². The molecule has 0 radical (unpaired) electrons. The summed E-state index contributed by atoms with van der Waals surface area (Å²) in [5.74, 6) is 2.11. The van der Waals surface area contributed by atoms with Gasteiger partial charge < -0.3 is 14.0 Å². The Labute approximate surface area is 164 Å². The Kier molecular flexibility index (Phi) is 4.19. The lowest BCUT2D eigenvalue weighted by molar-refractivity contribution is -0.129. The third-order valence-electron chi connectivity index (χ3n) is 6.19. The lowest BCUT2D eigenvalue weighted by Crippen LogP contribution is -2.36. The largest absolute Gasteiger partial charge is 0.350 e.